The van der Waals surface area contributed by atoms with Gasteiger partial charge in [0.15, 0.2) is 5.16 Å². The third kappa shape index (κ3) is 5.02. The predicted octanol–water partition coefficient (Wildman–Crippen LogP) is 5.60. The van der Waals surface area contributed by atoms with Crippen LogP contribution in [-0.4, -0.2) is 31.5 Å². The van der Waals surface area contributed by atoms with Gasteiger partial charge in [-0.2, -0.15) is 4.98 Å². The number of benzene rings is 3. The normalized spacial score (nSPS) is 11.0. The maximum Gasteiger partial charge on any atom is 0.237 e. The minimum atomic E-state index is 0.486. The number of ether oxygens (including phenoxy) is 1. The molecule has 0 radical (unpaired) electrons. The van der Waals surface area contributed by atoms with Gasteiger partial charge in [-0.15, -0.1) is 10.2 Å². The quantitative estimate of drug-likeness (QED) is 0.260. The van der Waals surface area contributed by atoms with Crippen molar-refractivity contribution in [3.05, 3.63) is 102 Å². The maximum atomic E-state index is 5.61. The molecule has 34 heavy (non-hydrogen) atoms. The van der Waals surface area contributed by atoms with Gasteiger partial charge < -0.3 is 9.26 Å². The van der Waals surface area contributed by atoms with Gasteiger partial charge in [-0.25, -0.2) is 0 Å². The smallest absolute Gasteiger partial charge is 0.237 e. The Morgan fingerprint density at radius 2 is 1.62 bits per heavy atom. The molecule has 0 aliphatic heterocycles. The SMILES string of the molecule is CCOc1ccc(-n2c(Cc3ccccc3)nnc2SCc2nc(-c3ccccc3)no2)cc1. The topological polar surface area (TPSA) is 78.9 Å². The van der Waals surface area contributed by atoms with Gasteiger partial charge in [0, 0.05) is 17.7 Å². The van der Waals surface area contributed by atoms with Crippen LogP contribution in [-0.2, 0) is 12.2 Å². The van der Waals surface area contributed by atoms with E-state index in [4.69, 9.17) is 9.26 Å². The Labute approximate surface area is 201 Å². The van der Waals surface area contributed by atoms with Crippen LogP contribution in [0.3, 0.4) is 0 Å². The van der Waals surface area contributed by atoms with Gasteiger partial charge in [-0.3, -0.25) is 4.57 Å². The number of hydrogen-bond donors (Lipinski definition) is 0. The fraction of sp³-hybridized carbons (Fsp3) is 0.154. The van der Waals surface area contributed by atoms with Crippen LogP contribution in [0.15, 0.2) is 94.6 Å². The van der Waals surface area contributed by atoms with E-state index >= 15 is 0 Å². The Hall–Kier alpha value is -3.91. The molecule has 0 aliphatic carbocycles. The zero-order valence-corrected chi connectivity index (χ0v) is 19.5. The second kappa shape index (κ2) is 10.4. The van der Waals surface area contributed by atoms with Crippen LogP contribution in [0.5, 0.6) is 5.75 Å². The molecule has 0 saturated heterocycles. The molecule has 2 aromatic heterocycles. The number of rotatable bonds is 9. The zero-order valence-electron chi connectivity index (χ0n) is 18.7. The summed E-state index contributed by atoms with van der Waals surface area (Å²) in [6, 6.07) is 28.0. The molecule has 2 heterocycles. The monoisotopic (exact) mass is 469 g/mol. The summed E-state index contributed by atoms with van der Waals surface area (Å²) in [4.78, 5) is 4.53. The van der Waals surface area contributed by atoms with Crippen molar-refractivity contribution in [2.75, 3.05) is 6.61 Å². The second-order valence-corrected chi connectivity index (χ2v) is 8.43. The molecular weight excluding hydrogens is 446 g/mol. The summed E-state index contributed by atoms with van der Waals surface area (Å²) in [6.07, 6.45) is 0.667. The molecule has 0 fully saturated rings. The van der Waals surface area contributed by atoms with E-state index in [0.29, 0.717) is 30.5 Å². The first-order chi connectivity index (χ1) is 16.8. The van der Waals surface area contributed by atoms with Gasteiger partial charge in [0.1, 0.15) is 11.6 Å². The molecule has 170 valence electrons. The summed E-state index contributed by atoms with van der Waals surface area (Å²) in [5.74, 6) is 3.29. The van der Waals surface area contributed by atoms with Crippen LogP contribution in [0, 0.1) is 0 Å². The van der Waals surface area contributed by atoms with Gasteiger partial charge in [0.25, 0.3) is 0 Å². The lowest BCUT2D eigenvalue weighted by Crippen LogP contribution is -2.04. The fourth-order valence-electron chi connectivity index (χ4n) is 3.55. The minimum absolute atomic E-state index is 0.486. The van der Waals surface area contributed by atoms with Gasteiger partial charge >= 0.3 is 0 Å². The number of aromatic nitrogens is 5. The van der Waals surface area contributed by atoms with E-state index in [1.165, 1.54) is 17.3 Å². The molecule has 0 N–H and O–H groups in total. The first-order valence-corrected chi connectivity index (χ1v) is 12.0. The average molecular weight is 470 g/mol. The van der Waals surface area contributed by atoms with E-state index in [-0.39, 0.29) is 0 Å². The van der Waals surface area contributed by atoms with E-state index in [9.17, 15) is 0 Å². The second-order valence-electron chi connectivity index (χ2n) is 7.49. The van der Waals surface area contributed by atoms with Crippen molar-refractivity contribution < 1.29 is 9.26 Å². The third-order valence-electron chi connectivity index (χ3n) is 5.14. The van der Waals surface area contributed by atoms with Crippen molar-refractivity contribution in [3.8, 4) is 22.8 Å². The lowest BCUT2D eigenvalue weighted by Gasteiger charge is -2.11. The largest absolute Gasteiger partial charge is 0.494 e. The van der Waals surface area contributed by atoms with E-state index < -0.39 is 0 Å². The lowest BCUT2D eigenvalue weighted by molar-refractivity contribution is 0.340. The molecule has 0 saturated carbocycles. The summed E-state index contributed by atoms with van der Waals surface area (Å²) in [7, 11) is 0. The van der Waals surface area contributed by atoms with Gasteiger partial charge in [0.05, 0.1) is 12.4 Å². The first kappa shape index (κ1) is 21.9. The summed E-state index contributed by atoms with van der Waals surface area (Å²) < 4.78 is 13.2. The van der Waals surface area contributed by atoms with Crippen molar-refractivity contribution in [2.24, 2.45) is 0 Å². The summed E-state index contributed by atoms with van der Waals surface area (Å²) in [6.45, 7) is 2.60. The fourth-order valence-corrected chi connectivity index (χ4v) is 4.36. The highest BCUT2D eigenvalue weighted by molar-refractivity contribution is 7.98. The number of thioether (sulfide) groups is 1. The minimum Gasteiger partial charge on any atom is -0.494 e. The van der Waals surface area contributed by atoms with Crippen molar-refractivity contribution in [3.63, 3.8) is 0 Å². The van der Waals surface area contributed by atoms with Crippen LogP contribution in [0.1, 0.15) is 24.2 Å². The predicted molar refractivity (Wildman–Crippen MR) is 131 cm³/mol. The third-order valence-corrected chi connectivity index (χ3v) is 6.05. The molecule has 5 aromatic rings. The molecule has 0 spiro atoms. The maximum absolute atomic E-state index is 5.61. The highest BCUT2D eigenvalue weighted by atomic mass is 32.2. The van der Waals surface area contributed by atoms with Crippen LogP contribution >= 0.6 is 11.8 Å². The zero-order chi connectivity index (χ0) is 23.2. The first-order valence-electron chi connectivity index (χ1n) is 11.0. The van der Waals surface area contributed by atoms with Crippen molar-refractivity contribution in [1.82, 2.24) is 24.9 Å². The summed E-state index contributed by atoms with van der Waals surface area (Å²) >= 11 is 1.51. The summed E-state index contributed by atoms with van der Waals surface area (Å²) in [5.41, 5.74) is 3.06. The Morgan fingerprint density at radius 1 is 0.882 bits per heavy atom. The highest BCUT2D eigenvalue weighted by Gasteiger charge is 2.17. The van der Waals surface area contributed by atoms with Crippen LogP contribution in [0.25, 0.3) is 17.1 Å². The van der Waals surface area contributed by atoms with Gasteiger partial charge in [0.2, 0.25) is 11.7 Å². The van der Waals surface area contributed by atoms with E-state index in [2.05, 4.69) is 37.0 Å². The lowest BCUT2D eigenvalue weighted by atomic mass is 10.1. The van der Waals surface area contributed by atoms with E-state index in [1.54, 1.807) is 0 Å². The molecule has 8 heteroatoms. The Morgan fingerprint density at radius 3 is 2.35 bits per heavy atom. The summed E-state index contributed by atoms with van der Waals surface area (Å²) in [5, 5.41) is 13.9. The van der Waals surface area contributed by atoms with Crippen LogP contribution < -0.4 is 4.74 Å². The molecule has 0 bridgehead atoms. The van der Waals surface area contributed by atoms with Crippen LogP contribution in [0.2, 0.25) is 0 Å². The molecule has 3 aromatic carbocycles. The van der Waals surface area contributed by atoms with E-state index in [0.717, 1.165) is 28.0 Å². The molecule has 5 rings (SSSR count). The Bertz CT molecular complexity index is 1330. The Balaban J connectivity index is 1.40. The van der Waals surface area contributed by atoms with Gasteiger partial charge in [-0.1, -0.05) is 77.6 Å². The molecule has 7 nitrogen and oxygen atoms in total. The standard InChI is InChI=1S/C26H23N5O2S/c1-2-32-22-15-13-21(14-16-22)31-23(17-19-9-5-3-6-10-19)28-29-26(31)34-18-24-27-25(30-33-24)20-11-7-4-8-12-20/h3-16H,2,17-18H2,1H3. The molecule has 0 unspecified atom stereocenters. The van der Waals surface area contributed by atoms with Crippen molar-refractivity contribution in [1.29, 1.82) is 0 Å². The Kier molecular flexibility index (Phi) is 6.67. The van der Waals surface area contributed by atoms with E-state index in [1.807, 2.05) is 79.7 Å². The number of nitrogens with zero attached hydrogens (tertiary/aromatic N) is 5. The molecule has 0 amide bonds. The molecule has 0 aliphatic rings. The molecule has 0 atom stereocenters. The molecular formula is C26H23N5O2S. The van der Waals surface area contributed by atoms with Crippen LogP contribution in [0.4, 0.5) is 0 Å². The van der Waals surface area contributed by atoms with Crippen molar-refractivity contribution in [2.45, 2.75) is 24.3 Å². The van der Waals surface area contributed by atoms with Gasteiger partial charge in [-0.05, 0) is 36.8 Å². The number of hydrogen-bond acceptors (Lipinski definition) is 7. The highest BCUT2D eigenvalue weighted by Crippen LogP contribution is 2.27. The van der Waals surface area contributed by atoms with Crippen molar-refractivity contribution >= 4 is 11.8 Å². The average Bonchev–Trinajstić information content (AvgIpc) is 3.52.